The fourth-order valence-electron chi connectivity index (χ4n) is 2.57. The van der Waals surface area contributed by atoms with Crippen molar-refractivity contribution < 1.29 is 17.1 Å². The summed E-state index contributed by atoms with van der Waals surface area (Å²) in [6.07, 6.45) is 5.04. The number of benzene rings is 1. The van der Waals surface area contributed by atoms with Gasteiger partial charge in [-0.15, -0.1) is 3.89 Å². The number of carbonyl (C=O) groups is 1. The molecule has 5 nitrogen and oxygen atoms in total. The molecule has 24 heavy (non-hydrogen) atoms. The molecule has 0 N–H and O–H groups in total. The SMILES string of the molecule is O=C1CC(S(=O)(=O)F)CN1c1cccc(C=Cc2ccccn2)c1. The maximum atomic E-state index is 13.1. The molecule has 3 rings (SSSR count). The van der Waals surface area contributed by atoms with Crippen LogP contribution in [0.15, 0.2) is 48.7 Å². The minimum absolute atomic E-state index is 0.162. The van der Waals surface area contributed by atoms with E-state index in [2.05, 4.69) is 4.98 Å². The van der Waals surface area contributed by atoms with Crippen LogP contribution in [0.5, 0.6) is 0 Å². The summed E-state index contributed by atoms with van der Waals surface area (Å²) in [4.78, 5) is 17.5. The van der Waals surface area contributed by atoms with Gasteiger partial charge in [-0.3, -0.25) is 9.78 Å². The van der Waals surface area contributed by atoms with Crippen LogP contribution in [0.2, 0.25) is 0 Å². The fraction of sp³-hybridized carbons (Fsp3) is 0.176. The Balaban J connectivity index is 1.81. The lowest BCUT2D eigenvalue weighted by atomic mass is 10.1. The normalized spacial score (nSPS) is 18.5. The van der Waals surface area contributed by atoms with Crippen molar-refractivity contribution in [1.29, 1.82) is 0 Å². The molecular formula is C17H15FN2O3S. The van der Waals surface area contributed by atoms with Gasteiger partial charge in [0.05, 0.1) is 5.69 Å². The van der Waals surface area contributed by atoms with Gasteiger partial charge >= 0.3 is 10.2 Å². The molecule has 0 aliphatic carbocycles. The molecule has 2 heterocycles. The van der Waals surface area contributed by atoms with Crippen LogP contribution in [0.25, 0.3) is 12.2 Å². The zero-order chi connectivity index (χ0) is 17.2. The van der Waals surface area contributed by atoms with Gasteiger partial charge < -0.3 is 4.90 Å². The molecule has 1 aromatic heterocycles. The summed E-state index contributed by atoms with van der Waals surface area (Å²) in [5.74, 6) is -0.396. The lowest BCUT2D eigenvalue weighted by Gasteiger charge is -2.16. The molecule has 0 radical (unpaired) electrons. The van der Waals surface area contributed by atoms with Crippen molar-refractivity contribution in [1.82, 2.24) is 4.98 Å². The Morgan fingerprint density at radius 3 is 2.67 bits per heavy atom. The second-order valence-electron chi connectivity index (χ2n) is 5.49. The summed E-state index contributed by atoms with van der Waals surface area (Å²) in [7, 11) is -4.72. The summed E-state index contributed by atoms with van der Waals surface area (Å²) in [6.45, 7) is -0.162. The molecule has 1 amide bonds. The van der Waals surface area contributed by atoms with E-state index in [1.165, 1.54) is 4.90 Å². The number of anilines is 1. The second kappa shape index (κ2) is 6.52. The Kier molecular flexibility index (Phi) is 4.44. The van der Waals surface area contributed by atoms with Gasteiger partial charge in [-0.25, -0.2) is 0 Å². The largest absolute Gasteiger partial charge is 0.311 e. The van der Waals surface area contributed by atoms with Crippen molar-refractivity contribution in [2.45, 2.75) is 11.7 Å². The van der Waals surface area contributed by atoms with Crippen LogP contribution in [0, 0.1) is 0 Å². The van der Waals surface area contributed by atoms with E-state index in [1.807, 2.05) is 36.4 Å². The van der Waals surface area contributed by atoms with E-state index in [0.717, 1.165) is 11.3 Å². The lowest BCUT2D eigenvalue weighted by molar-refractivity contribution is -0.117. The van der Waals surface area contributed by atoms with Crippen LogP contribution in [0.3, 0.4) is 0 Å². The van der Waals surface area contributed by atoms with Crippen LogP contribution in [0.4, 0.5) is 9.57 Å². The van der Waals surface area contributed by atoms with Crippen LogP contribution < -0.4 is 4.90 Å². The Bertz CT molecular complexity index is 882. The number of aromatic nitrogens is 1. The van der Waals surface area contributed by atoms with Gasteiger partial charge in [0.2, 0.25) is 5.91 Å². The molecule has 1 unspecified atom stereocenters. The van der Waals surface area contributed by atoms with Crippen LogP contribution in [-0.4, -0.2) is 31.1 Å². The van der Waals surface area contributed by atoms with Gasteiger partial charge in [-0.1, -0.05) is 24.3 Å². The lowest BCUT2D eigenvalue weighted by Crippen LogP contribution is -2.26. The highest BCUT2D eigenvalue weighted by atomic mass is 32.3. The molecule has 1 saturated heterocycles. The molecule has 1 atom stereocenters. The van der Waals surface area contributed by atoms with Crippen molar-refractivity contribution in [2.24, 2.45) is 0 Å². The second-order valence-corrected chi connectivity index (χ2v) is 7.11. The minimum atomic E-state index is -4.72. The fourth-order valence-corrected chi connectivity index (χ4v) is 3.23. The van der Waals surface area contributed by atoms with Gasteiger partial charge in [0.25, 0.3) is 0 Å². The smallest absolute Gasteiger partial charge is 0.307 e. The first kappa shape index (κ1) is 16.3. The van der Waals surface area contributed by atoms with Crippen molar-refractivity contribution >= 4 is 34.0 Å². The molecule has 1 aliphatic heterocycles. The molecule has 0 bridgehead atoms. The highest BCUT2D eigenvalue weighted by Crippen LogP contribution is 2.26. The topological polar surface area (TPSA) is 67.3 Å². The van der Waals surface area contributed by atoms with E-state index in [9.17, 15) is 17.1 Å². The van der Waals surface area contributed by atoms with E-state index in [4.69, 9.17) is 0 Å². The Morgan fingerprint density at radius 2 is 2.00 bits per heavy atom. The van der Waals surface area contributed by atoms with Gasteiger partial charge in [-0.05, 0) is 35.9 Å². The van der Waals surface area contributed by atoms with Crippen LogP contribution in [0.1, 0.15) is 17.7 Å². The number of amides is 1. The van der Waals surface area contributed by atoms with Crippen molar-refractivity contribution in [3.8, 4) is 0 Å². The number of rotatable bonds is 4. The van der Waals surface area contributed by atoms with Gasteiger partial charge in [0.15, 0.2) is 0 Å². The molecule has 1 aromatic carbocycles. The van der Waals surface area contributed by atoms with E-state index in [-0.39, 0.29) is 13.0 Å². The zero-order valence-electron chi connectivity index (χ0n) is 12.7. The molecule has 0 saturated carbocycles. The molecule has 2 aromatic rings. The summed E-state index contributed by atoms with van der Waals surface area (Å²) in [5, 5.41) is -1.29. The maximum absolute atomic E-state index is 13.1. The molecular weight excluding hydrogens is 331 g/mol. The average molecular weight is 346 g/mol. The Hall–Kier alpha value is -2.54. The Morgan fingerprint density at radius 1 is 1.17 bits per heavy atom. The molecule has 1 aliphatic rings. The van der Waals surface area contributed by atoms with Crippen LogP contribution in [-0.2, 0) is 15.0 Å². The Labute approximate surface area is 139 Å². The quantitative estimate of drug-likeness (QED) is 0.798. The maximum Gasteiger partial charge on any atom is 0.307 e. The number of hydrogen-bond acceptors (Lipinski definition) is 4. The first-order valence-corrected chi connectivity index (χ1v) is 8.81. The first-order valence-electron chi connectivity index (χ1n) is 7.36. The van der Waals surface area contributed by atoms with E-state index >= 15 is 0 Å². The highest BCUT2D eigenvalue weighted by Gasteiger charge is 2.39. The number of halogens is 1. The first-order chi connectivity index (χ1) is 11.4. The predicted molar refractivity (Wildman–Crippen MR) is 90.4 cm³/mol. The molecule has 124 valence electrons. The third-order valence-corrected chi connectivity index (χ3v) is 4.92. The summed E-state index contributed by atoms with van der Waals surface area (Å²) < 4.78 is 35.2. The molecule has 7 heteroatoms. The third-order valence-electron chi connectivity index (χ3n) is 3.80. The van der Waals surface area contributed by atoms with Crippen molar-refractivity contribution in [2.75, 3.05) is 11.4 Å². The standard InChI is InChI=1S/C17H15FN2O3S/c18-24(22,23)16-11-17(21)20(12-16)15-6-3-4-13(10-15)7-8-14-5-1-2-9-19-14/h1-10,16H,11-12H2. The van der Waals surface area contributed by atoms with Crippen molar-refractivity contribution in [3.63, 3.8) is 0 Å². The summed E-state index contributed by atoms with van der Waals surface area (Å²) in [5.41, 5.74) is 2.18. The third kappa shape index (κ3) is 3.68. The number of carbonyl (C=O) groups excluding carboxylic acids is 1. The zero-order valence-corrected chi connectivity index (χ0v) is 13.5. The predicted octanol–water partition coefficient (Wildman–Crippen LogP) is 2.66. The summed E-state index contributed by atoms with van der Waals surface area (Å²) in [6, 6.07) is 12.6. The highest BCUT2D eigenvalue weighted by molar-refractivity contribution is 7.87. The van der Waals surface area contributed by atoms with Crippen molar-refractivity contribution in [3.05, 3.63) is 59.9 Å². The van der Waals surface area contributed by atoms with E-state index in [1.54, 1.807) is 24.4 Å². The summed E-state index contributed by atoms with van der Waals surface area (Å²) >= 11 is 0. The number of pyridine rings is 1. The number of nitrogens with zero attached hydrogens (tertiary/aromatic N) is 2. The number of hydrogen-bond donors (Lipinski definition) is 0. The van der Waals surface area contributed by atoms with E-state index < -0.39 is 21.4 Å². The molecule has 1 fully saturated rings. The van der Waals surface area contributed by atoms with Gasteiger partial charge in [-0.2, -0.15) is 8.42 Å². The minimum Gasteiger partial charge on any atom is -0.311 e. The monoisotopic (exact) mass is 346 g/mol. The van der Waals surface area contributed by atoms with Gasteiger partial charge in [0.1, 0.15) is 5.25 Å². The van der Waals surface area contributed by atoms with Crippen LogP contribution >= 0.6 is 0 Å². The van der Waals surface area contributed by atoms with E-state index in [0.29, 0.717) is 5.69 Å². The average Bonchev–Trinajstić information content (AvgIpc) is 2.96. The van der Waals surface area contributed by atoms with Gasteiger partial charge in [0, 0.05) is 24.8 Å². The molecule has 0 spiro atoms.